The van der Waals surface area contributed by atoms with Gasteiger partial charge >= 0.3 is 5.97 Å². The van der Waals surface area contributed by atoms with Crippen molar-refractivity contribution in [3.8, 4) is 0 Å². The second-order valence-electron chi connectivity index (χ2n) is 5.26. The first kappa shape index (κ1) is 17.2. The predicted molar refractivity (Wildman–Crippen MR) is 83.7 cm³/mol. The van der Waals surface area contributed by atoms with Gasteiger partial charge in [-0.3, -0.25) is 9.69 Å². The summed E-state index contributed by atoms with van der Waals surface area (Å²) in [6, 6.07) is 0. The Morgan fingerprint density at radius 1 is 1.50 bits per heavy atom. The maximum atomic E-state index is 12.1. The van der Waals surface area contributed by atoms with Crippen LogP contribution >= 0.6 is 23.5 Å². The molecule has 0 aliphatic carbocycles. The Kier molecular flexibility index (Phi) is 4.80. The number of aliphatic hydroxyl groups is 2. The number of carbonyl (C=O) groups is 2. The number of aliphatic carboxylic acids is 1. The van der Waals surface area contributed by atoms with Crippen molar-refractivity contribution in [1.82, 2.24) is 25.1 Å². The number of tetrazole rings is 1. The van der Waals surface area contributed by atoms with E-state index < -0.39 is 18.0 Å². The van der Waals surface area contributed by atoms with Gasteiger partial charge in [0.2, 0.25) is 11.1 Å². The number of rotatable bonds is 7. The van der Waals surface area contributed by atoms with E-state index in [9.17, 15) is 19.8 Å². The number of aliphatic hydroxyl groups excluding tert-OH is 2. The van der Waals surface area contributed by atoms with Crippen molar-refractivity contribution in [3.05, 3.63) is 10.6 Å². The second-order valence-corrected chi connectivity index (χ2v) is 7.41. The molecule has 1 aromatic rings. The van der Waals surface area contributed by atoms with Gasteiger partial charge in [-0.15, -0.1) is 16.9 Å². The third-order valence-electron chi connectivity index (χ3n) is 3.72. The highest BCUT2D eigenvalue weighted by Gasteiger charge is 2.57. The molecule has 12 heteroatoms. The fourth-order valence-electron chi connectivity index (χ4n) is 2.62. The van der Waals surface area contributed by atoms with Gasteiger partial charge in [0.05, 0.1) is 25.2 Å². The van der Waals surface area contributed by atoms with E-state index in [1.165, 1.54) is 40.0 Å². The van der Waals surface area contributed by atoms with E-state index in [0.29, 0.717) is 10.1 Å². The van der Waals surface area contributed by atoms with Crippen molar-refractivity contribution in [3.63, 3.8) is 0 Å². The standard InChI is InChI=1S/C12H15N5O5S2/c1-5(19)7-9(20)17-8(11(21)22)6(24-10(7)17)4-23-12-13-14-15-16(12)2-3-18/h5,7,10,18-19H,2-4H2,1H3,(H,21,22)/t5?,7-,10-/m1/s1. The van der Waals surface area contributed by atoms with Crippen LogP contribution in [0.15, 0.2) is 15.8 Å². The number of carbonyl (C=O) groups excluding carboxylic acids is 1. The minimum atomic E-state index is -1.17. The lowest BCUT2D eigenvalue weighted by Crippen LogP contribution is -2.60. The lowest BCUT2D eigenvalue weighted by atomic mass is 9.92. The molecule has 3 rings (SSSR count). The molecular weight excluding hydrogens is 358 g/mol. The van der Waals surface area contributed by atoms with Gasteiger partial charge in [-0.05, 0) is 17.4 Å². The van der Waals surface area contributed by atoms with Crippen molar-refractivity contribution in [2.45, 2.75) is 30.1 Å². The lowest BCUT2D eigenvalue weighted by molar-refractivity contribution is -0.156. The minimum absolute atomic E-state index is 0.0411. The number of hydrogen-bond donors (Lipinski definition) is 3. The first-order valence-corrected chi connectivity index (χ1v) is 8.96. The van der Waals surface area contributed by atoms with Gasteiger partial charge in [0.1, 0.15) is 11.1 Å². The number of β-lactam (4-membered cyclic amide) rings is 1. The fraction of sp³-hybridized carbons (Fsp3) is 0.583. The summed E-state index contributed by atoms with van der Waals surface area (Å²) in [5, 5.41) is 39.2. The number of hydrogen-bond acceptors (Lipinski definition) is 9. The van der Waals surface area contributed by atoms with Crippen LogP contribution in [0.3, 0.4) is 0 Å². The monoisotopic (exact) mass is 373 g/mol. The Balaban J connectivity index is 1.76. The highest BCUT2D eigenvalue weighted by Crippen LogP contribution is 2.51. The number of nitrogens with zero attached hydrogens (tertiary/aromatic N) is 5. The van der Waals surface area contributed by atoms with Crippen molar-refractivity contribution in [2.75, 3.05) is 12.4 Å². The highest BCUT2D eigenvalue weighted by molar-refractivity contribution is 8.06. The van der Waals surface area contributed by atoms with E-state index >= 15 is 0 Å². The summed E-state index contributed by atoms with van der Waals surface area (Å²) in [7, 11) is 0. The summed E-state index contributed by atoms with van der Waals surface area (Å²) in [6.45, 7) is 1.65. The number of amides is 1. The van der Waals surface area contributed by atoms with Crippen LogP contribution in [-0.2, 0) is 16.1 Å². The topological polar surface area (TPSA) is 142 Å². The van der Waals surface area contributed by atoms with Gasteiger partial charge in [0, 0.05) is 10.7 Å². The van der Waals surface area contributed by atoms with Gasteiger partial charge in [0.25, 0.3) is 0 Å². The van der Waals surface area contributed by atoms with Crippen LogP contribution in [0.25, 0.3) is 0 Å². The molecule has 3 atom stereocenters. The summed E-state index contributed by atoms with van der Waals surface area (Å²) >= 11 is 2.50. The van der Waals surface area contributed by atoms with Crippen LogP contribution in [0, 0.1) is 5.92 Å². The number of thioether (sulfide) groups is 2. The molecule has 24 heavy (non-hydrogen) atoms. The van der Waals surface area contributed by atoms with Crippen LogP contribution < -0.4 is 0 Å². The molecule has 0 saturated carbocycles. The summed E-state index contributed by atoms with van der Waals surface area (Å²) in [5.41, 5.74) is -0.0411. The summed E-state index contributed by atoms with van der Waals surface area (Å²) in [5.74, 6) is -1.85. The van der Waals surface area contributed by atoms with Crippen LogP contribution in [0.2, 0.25) is 0 Å². The van der Waals surface area contributed by atoms with Gasteiger partial charge in [0.15, 0.2) is 0 Å². The molecule has 1 aromatic heterocycles. The maximum Gasteiger partial charge on any atom is 0.353 e. The molecular formula is C12H15N5O5S2. The molecule has 130 valence electrons. The minimum Gasteiger partial charge on any atom is -0.477 e. The van der Waals surface area contributed by atoms with E-state index in [2.05, 4.69) is 15.5 Å². The Labute approximate surface area is 144 Å². The summed E-state index contributed by atoms with van der Waals surface area (Å²) < 4.78 is 1.42. The molecule has 2 aliphatic rings. The molecule has 1 unspecified atom stereocenters. The first-order valence-electron chi connectivity index (χ1n) is 7.09. The zero-order valence-corrected chi connectivity index (χ0v) is 14.2. The smallest absolute Gasteiger partial charge is 0.353 e. The van der Waals surface area contributed by atoms with Crippen molar-refractivity contribution < 1.29 is 24.9 Å². The quantitative estimate of drug-likeness (QED) is 0.401. The van der Waals surface area contributed by atoms with Gasteiger partial charge in [-0.25, -0.2) is 9.48 Å². The van der Waals surface area contributed by atoms with E-state index in [0.717, 1.165) is 0 Å². The number of fused-ring (bicyclic) bond motifs is 1. The van der Waals surface area contributed by atoms with Crippen LogP contribution in [0.4, 0.5) is 0 Å². The van der Waals surface area contributed by atoms with Crippen LogP contribution in [0.1, 0.15) is 6.92 Å². The van der Waals surface area contributed by atoms with E-state index in [4.69, 9.17) is 5.11 Å². The van der Waals surface area contributed by atoms with Crippen molar-refractivity contribution in [2.24, 2.45) is 5.92 Å². The molecule has 0 radical (unpaired) electrons. The fourth-order valence-corrected chi connectivity index (χ4v) is 5.23. The SMILES string of the molecule is CC(O)[C@@H]1C(=O)N2C(C(=O)O)=C(CSc3nnnn3CCO)S[C@H]12. The zero-order chi connectivity index (χ0) is 17.4. The molecule has 1 amide bonds. The summed E-state index contributed by atoms with van der Waals surface area (Å²) in [6.07, 6.45) is -0.829. The van der Waals surface area contributed by atoms with Gasteiger partial charge < -0.3 is 15.3 Å². The lowest BCUT2D eigenvalue weighted by Gasteiger charge is -2.43. The van der Waals surface area contributed by atoms with E-state index in [-0.39, 0.29) is 35.9 Å². The van der Waals surface area contributed by atoms with Crippen LogP contribution in [0.5, 0.6) is 0 Å². The van der Waals surface area contributed by atoms with Crippen LogP contribution in [-0.4, -0.2) is 76.1 Å². The predicted octanol–water partition coefficient (Wildman–Crippen LogP) is -1.03. The molecule has 0 bridgehead atoms. The third kappa shape index (κ3) is 2.79. The number of carboxylic acid groups (broad SMARTS) is 1. The highest BCUT2D eigenvalue weighted by atomic mass is 32.2. The molecule has 10 nitrogen and oxygen atoms in total. The van der Waals surface area contributed by atoms with Crippen molar-refractivity contribution in [1.29, 1.82) is 0 Å². The molecule has 2 aliphatic heterocycles. The first-order chi connectivity index (χ1) is 11.5. The Morgan fingerprint density at radius 2 is 2.25 bits per heavy atom. The third-order valence-corrected chi connectivity index (χ3v) is 6.25. The average molecular weight is 373 g/mol. The molecule has 3 N–H and O–H groups in total. The Hall–Kier alpha value is -1.63. The molecule has 0 aromatic carbocycles. The molecule has 1 fully saturated rings. The molecule has 1 saturated heterocycles. The van der Waals surface area contributed by atoms with E-state index in [1.54, 1.807) is 0 Å². The maximum absolute atomic E-state index is 12.1. The number of aromatic nitrogens is 4. The van der Waals surface area contributed by atoms with Gasteiger partial charge in [-0.2, -0.15) is 0 Å². The average Bonchev–Trinajstić information content (AvgIpc) is 3.07. The van der Waals surface area contributed by atoms with E-state index in [1.807, 2.05) is 0 Å². The Morgan fingerprint density at radius 3 is 2.88 bits per heavy atom. The normalized spacial score (nSPS) is 24.1. The van der Waals surface area contributed by atoms with Gasteiger partial charge in [-0.1, -0.05) is 11.8 Å². The largest absolute Gasteiger partial charge is 0.477 e. The zero-order valence-electron chi connectivity index (χ0n) is 12.6. The number of carboxylic acids is 1. The Bertz CT molecular complexity index is 706. The molecule has 3 heterocycles. The second kappa shape index (κ2) is 6.70. The summed E-state index contributed by atoms with van der Waals surface area (Å²) in [4.78, 5) is 25.4. The van der Waals surface area contributed by atoms with Crippen molar-refractivity contribution >= 4 is 35.4 Å². The molecule has 0 spiro atoms.